The van der Waals surface area contributed by atoms with E-state index < -0.39 is 17.8 Å². The van der Waals surface area contributed by atoms with Crippen LogP contribution < -0.4 is 0 Å². The molecule has 2 aromatic rings. The summed E-state index contributed by atoms with van der Waals surface area (Å²) in [5.41, 5.74) is -1.12. The molecule has 1 aliphatic rings. The van der Waals surface area contributed by atoms with Gasteiger partial charge in [0.25, 0.3) is 5.91 Å². The Hall–Kier alpha value is -1.83. The zero-order valence-electron chi connectivity index (χ0n) is 12.6. The first-order chi connectivity index (χ1) is 10.9. The Kier molecular flexibility index (Phi) is 4.18. The highest BCUT2D eigenvalue weighted by atomic mass is 32.1. The molecule has 0 unspecified atom stereocenters. The van der Waals surface area contributed by atoms with E-state index in [4.69, 9.17) is 0 Å². The van der Waals surface area contributed by atoms with Crippen LogP contribution in [0.15, 0.2) is 17.5 Å². The van der Waals surface area contributed by atoms with E-state index in [0.717, 1.165) is 17.7 Å². The van der Waals surface area contributed by atoms with Gasteiger partial charge in [-0.05, 0) is 31.2 Å². The van der Waals surface area contributed by atoms with Gasteiger partial charge in [0.05, 0.1) is 12.1 Å². The molecule has 3 rings (SSSR count). The number of hydrogen-bond acceptors (Lipinski definition) is 3. The highest BCUT2D eigenvalue weighted by molar-refractivity contribution is 7.09. The van der Waals surface area contributed by atoms with Gasteiger partial charge < -0.3 is 4.90 Å². The Morgan fingerprint density at radius 1 is 1.35 bits per heavy atom. The molecule has 0 N–H and O–H groups in total. The molecule has 1 saturated heterocycles. The van der Waals surface area contributed by atoms with Crippen molar-refractivity contribution in [2.75, 3.05) is 13.1 Å². The second kappa shape index (κ2) is 5.99. The van der Waals surface area contributed by atoms with E-state index in [9.17, 15) is 18.0 Å². The minimum Gasteiger partial charge on any atom is -0.339 e. The minimum absolute atomic E-state index is 0.236. The lowest BCUT2D eigenvalue weighted by molar-refractivity contribution is -0.141. The molecule has 0 aromatic carbocycles. The van der Waals surface area contributed by atoms with Gasteiger partial charge in [-0.1, -0.05) is 6.07 Å². The Labute approximate surface area is 135 Å². The first-order valence-corrected chi connectivity index (χ1v) is 8.22. The molecule has 23 heavy (non-hydrogen) atoms. The van der Waals surface area contributed by atoms with Crippen molar-refractivity contribution in [1.29, 1.82) is 0 Å². The van der Waals surface area contributed by atoms with Gasteiger partial charge in [-0.2, -0.15) is 18.3 Å². The number of alkyl halides is 3. The molecular weight excluding hydrogens is 327 g/mol. The van der Waals surface area contributed by atoms with E-state index in [1.54, 1.807) is 0 Å². The number of aromatic nitrogens is 2. The van der Waals surface area contributed by atoms with E-state index in [2.05, 4.69) is 5.10 Å². The molecule has 124 valence electrons. The van der Waals surface area contributed by atoms with Crippen LogP contribution in [0.2, 0.25) is 0 Å². The molecule has 1 aliphatic heterocycles. The van der Waals surface area contributed by atoms with Crippen molar-refractivity contribution < 1.29 is 18.0 Å². The van der Waals surface area contributed by atoms with Crippen LogP contribution in [0.4, 0.5) is 13.2 Å². The topological polar surface area (TPSA) is 38.1 Å². The van der Waals surface area contributed by atoms with Crippen molar-refractivity contribution in [3.05, 3.63) is 39.3 Å². The third-order valence-electron chi connectivity index (χ3n) is 3.97. The molecule has 0 saturated carbocycles. The Morgan fingerprint density at radius 3 is 2.61 bits per heavy atom. The maximum absolute atomic E-state index is 13.3. The first-order valence-electron chi connectivity index (χ1n) is 7.34. The molecule has 0 radical (unpaired) electrons. The van der Waals surface area contributed by atoms with E-state index >= 15 is 0 Å². The monoisotopic (exact) mass is 343 g/mol. The molecule has 2 aromatic heterocycles. The summed E-state index contributed by atoms with van der Waals surface area (Å²) < 4.78 is 41.2. The molecule has 0 spiro atoms. The van der Waals surface area contributed by atoms with Crippen LogP contribution in [0.25, 0.3) is 0 Å². The van der Waals surface area contributed by atoms with Gasteiger partial charge in [-0.15, -0.1) is 11.3 Å². The second-order valence-electron chi connectivity index (χ2n) is 5.54. The lowest BCUT2D eigenvalue weighted by atomic mass is 10.1. The summed E-state index contributed by atoms with van der Waals surface area (Å²) in [4.78, 5) is 14.9. The van der Waals surface area contributed by atoms with Crippen molar-refractivity contribution in [1.82, 2.24) is 14.7 Å². The van der Waals surface area contributed by atoms with Crippen molar-refractivity contribution in [2.24, 2.45) is 0 Å². The number of amides is 1. The van der Waals surface area contributed by atoms with Crippen LogP contribution in [0, 0.1) is 6.92 Å². The molecule has 0 aliphatic carbocycles. The maximum Gasteiger partial charge on any atom is 0.435 e. The maximum atomic E-state index is 13.3. The minimum atomic E-state index is -4.64. The SMILES string of the molecule is Cc1c(C(=O)N2CCCC2)c(C(F)(F)F)nn1Cc1cccs1. The molecule has 1 fully saturated rings. The summed E-state index contributed by atoms with van der Waals surface area (Å²) in [7, 11) is 0. The summed E-state index contributed by atoms with van der Waals surface area (Å²) in [6, 6.07) is 3.67. The van der Waals surface area contributed by atoms with E-state index in [1.165, 1.54) is 27.8 Å². The quantitative estimate of drug-likeness (QED) is 0.855. The van der Waals surface area contributed by atoms with Gasteiger partial charge in [0.15, 0.2) is 5.69 Å². The Balaban J connectivity index is 2.01. The van der Waals surface area contributed by atoms with Crippen LogP contribution in [-0.4, -0.2) is 33.7 Å². The van der Waals surface area contributed by atoms with Crippen molar-refractivity contribution in [3.8, 4) is 0 Å². The number of halogens is 3. The number of nitrogens with zero attached hydrogens (tertiary/aromatic N) is 3. The summed E-state index contributed by atoms with van der Waals surface area (Å²) in [6.45, 7) is 2.77. The lowest BCUT2D eigenvalue weighted by Crippen LogP contribution is -2.29. The smallest absolute Gasteiger partial charge is 0.339 e. The van der Waals surface area contributed by atoms with Crippen molar-refractivity contribution in [2.45, 2.75) is 32.5 Å². The highest BCUT2D eigenvalue weighted by Gasteiger charge is 2.42. The third-order valence-corrected chi connectivity index (χ3v) is 4.83. The number of carbonyl (C=O) groups excluding carboxylic acids is 1. The molecule has 3 heterocycles. The van der Waals surface area contributed by atoms with Gasteiger partial charge >= 0.3 is 6.18 Å². The predicted molar refractivity (Wildman–Crippen MR) is 80.5 cm³/mol. The molecule has 0 atom stereocenters. The molecule has 0 bridgehead atoms. The van der Waals surface area contributed by atoms with E-state index in [1.807, 2.05) is 17.5 Å². The van der Waals surface area contributed by atoms with Crippen LogP contribution in [0.5, 0.6) is 0 Å². The first kappa shape index (κ1) is 16.0. The average molecular weight is 343 g/mol. The molecule has 1 amide bonds. The van der Waals surface area contributed by atoms with Gasteiger partial charge in [-0.3, -0.25) is 9.48 Å². The number of rotatable bonds is 3. The van der Waals surface area contributed by atoms with Gasteiger partial charge in [0.1, 0.15) is 0 Å². The van der Waals surface area contributed by atoms with Gasteiger partial charge in [-0.25, -0.2) is 0 Å². The van der Waals surface area contributed by atoms with Crippen LogP contribution in [0.3, 0.4) is 0 Å². The van der Waals surface area contributed by atoms with Crippen LogP contribution >= 0.6 is 11.3 Å². The lowest BCUT2D eigenvalue weighted by Gasteiger charge is -2.16. The van der Waals surface area contributed by atoms with Crippen LogP contribution in [-0.2, 0) is 12.7 Å². The van der Waals surface area contributed by atoms with E-state index in [0.29, 0.717) is 13.1 Å². The zero-order chi connectivity index (χ0) is 16.6. The Morgan fingerprint density at radius 2 is 2.04 bits per heavy atom. The van der Waals surface area contributed by atoms with E-state index in [-0.39, 0.29) is 17.8 Å². The fourth-order valence-corrected chi connectivity index (χ4v) is 3.47. The fraction of sp³-hybridized carbons (Fsp3) is 0.467. The largest absolute Gasteiger partial charge is 0.435 e. The molecule has 4 nitrogen and oxygen atoms in total. The predicted octanol–water partition coefficient (Wildman–Crippen LogP) is 3.56. The number of carbonyl (C=O) groups is 1. The van der Waals surface area contributed by atoms with Crippen molar-refractivity contribution >= 4 is 17.2 Å². The van der Waals surface area contributed by atoms with Gasteiger partial charge in [0, 0.05) is 23.7 Å². The Bertz CT molecular complexity index is 700. The van der Waals surface area contributed by atoms with Crippen LogP contribution in [0.1, 0.15) is 39.5 Å². The summed E-state index contributed by atoms with van der Waals surface area (Å²) in [6.07, 6.45) is -2.99. The number of likely N-dealkylation sites (tertiary alicyclic amines) is 1. The normalized spacial score (nSPS) is 15.4. The number of thiophene rings is 1. The van der Waals surface area contributed by atoms with Gasteiger partial charge in [0.2, 0.25) is 0 Å². The highest BCUT2D eigenvalue weighted by Crippen LogP contribution is 2.34. The second-order valence-corrected chi connectivity index (χ2v) is 6.58. The summed E-state index contributed by atoms with van der Waals surface area (Å²) >= 11 is 1.45. The summed E-state index contributed by atoms with van der Waals surface area (Å²) in [5.74, 6) is -0.565. The summed E-state index contributed by atoms with van der Waals surface area (Å²) in [5, 5.41) is 5.56. The third kappa shape index (κ3) is 3.12. The van der Waals surface area contributed by atoms with Crippen molar-refractivity contribution in [3.63, 3.8) is 0 Å². The molecule has 8 heteroatoms. The molecular formula is C15H16F3N3OS. The standard InChI is InChI=1S/C15H16F3N3OS/c1-10-12(14(22)20-6-2-3-7-20)13(15(16,17)18)19-21(10)9-11-5-4-8-23-11/h4-5,8H,2-3,6-7,9H2,1H3. The number of hydrogen-bond donors (Lipinski definition) is 0. The fourth-order valence-electron chi connectivity index (χ4n) is 2.78. The average Bonchev–Trinajstić information content (AvgIpc) is 3.20. The zero-order valence-corrected chi connectivity index (χ0v) is 13.4.